The van der Waals surface area contributed by atoms with Crippen molar-refractivity contribution in [2.24, 2.45) is 0 Å². The van der Waals surface area contributed by atoms with Gasteiger partial charge in [0.15, 0.2) is 0 Å². The van der Waals surface area contributed by atoms with Gasteiger partial charge in [0, 0.05) is 17.6 Å². The molecule has 2 aromatic heterocycles. The van der Waals surface area contributed by atoms with E-state index in [1.54, 1.807) is 23.6 Å². The van der Waals surface area contributed by atoms with Crippen LogP contribution in [0.1, 0.15) is 21.3 Å². The van der Waals surface area contributed by atoms with Gasteiger partial charge in [-0.2, -0.15) is 0 Å². The first-order chi connectivity index (χ1) is 10.1. The van der Waals surface area contributed by atoms with Crippen LogP contribution < -0.4 is 5.32 Å². The zero-order valence-electron chi connectivity index (χ0n) is 12.4. The molecule has 2 rings (SSSR count). The monoisotopic (exact) mass is 321 g/mol. The Bertz CT molecular complexity index is 584. The highest BCUT2D eigenvalue weighted by Crippen LogP contribution is 2.23. The summed E-state index contributed by atoms with van der Waals surface area (Å²) in [6.45, 7) is 0.578. The first-order valence-electron chi connectivity index (χ1n) is 6.60. The van der Waals surface area contributed by atoms with Crippen LogP contribution in [0, 0.1) is 0 Å². The fourth-order valence-corrected chi connectivity index (χ4v) is 3.50. The molecule has 0 fully saturated rings. The summed E-state index contributed by atoms with van der Waals surface area (Å²) in [5.74, 6) is -0.0733. The summed E-state index contributed by atoms with van der Waals surface area (Å²) >= 11 is 3.19. The van der Waals surface area contributed by atoms with Crippen LogP contribution in [0.2, 0.25) is 0 Å². The van der Waals surface area contributed by atoms with Crippen molar-refractivity contribution in [2.45, 2.75) is 11.1 Å². The quantitative estimate of drug-likeness (QED) is 0.831. The minimum Gasteiger partial charge on any atom is -0.350 e. The number of hydrogen-bond acceptors (Lipinski definition) is 5. The maximum absolute atomic E-state index is 12.3. The Balaban J connectivity index is 2.06. The molecule has 0 radical (unpaired) electrons. The first kappa shape index (κ1) is 16.0. The van der Waals surface area contributed by atoms with Crippen LogP contribution >= 0.6 is 23.1 Å². The van der Waals surface area contributed by atoms with E-state index in [1.807, 2.05) is 32.5 Å². The largest absolute Gasteiger partial charge is 0.350 e. The van der Waals surface area contributed by atoms with Crippen molar-refractivity contribution in [3.05, 3.63) is 46.3 Å². The molecule has 4 nitrogen and oxygen atoms in total. The number of rotatable bonds is 6. The summed E-state index contributed by atoms with van der Waals surface area (Å²) in [7, 11) is 4.04. The lowest BCUT2D eigenvalue weighted by Crippen LogP contribution is -2.34. The summed E-state index contributed by atoms with van der Waals surface area (Å²) in [4.78, 5) is 19.9. The van der Waals surface area contributed by atoms with Gasteiger partial charge < -0.3 is 10.2 Å². The lowest BCUT2D eigenvalue weighted by Gasteiger charge is -2.23. The number of nitrogens with zero attached hydrogens (tertiary/aromatic N) is 2. The summed E-state index contributed by atoms with van der Waals surface area (Å²) < 4.78 is 0. The number of pyridine rings is 1. The molecule has 1 atom stereocenters. The highest BCUT2D eigenvalue weighted by Gasteiger charge is 2.18. The van der Waals surface area contributed by atoms with Crippen molar-refractivity contribution >= 4 is 29.0 Å². The molecule has 0 spiro atoms. The number of thioether (sulfide) groups is 1. The average molecular weight is 321 g/mol. The molecule has 1 unspecified atom stereocenters. The number of amides is 1. The van der Waals surface area contributed by atoms with Crippen molar-refractivity contribution in [2.75, 3.05) is 26.9 Å². The Labute approximate surface area is 133 Å². The maximum Gasteiger partial charge on any atom is 0.254 e. The van der Waals surface area contributed by atoms with Crippen molar-refractivity contribution in [3.8, 4) is 0 Å². The third kappa shape index (κ3) is 4.06. The predicted molar refractivity (Wildman–Crippen MR) is 89.1 cm³/mol. The van der Waals surface area contributed by atoms with Gasteiger partial charge in [-0.1, -0.05) is 6.07 Å². The van der Waals surface area contributed by atoms with E-state index in [0.29, 0.717) is 12.1 Å². The molecule has 0 aliphatic rings. The Hall–Kier alpha value is -1.37. The summed E-state index contributed by atoms with van der Waals surface area (Å²) in [6.07, 6.45) is 3.63. The number of thiophene rings is 1. The van der Waals surface area contributed by atoms with Gasteiger partial charge in [0.25, 0.3) is 5.91 Å². The third-order valence-corrected chi connectivity index (χ3v) is 4.85. The molecule has 6 heteroatoms. The van der Waals surface area contributed by atoms with Gasteiger partial charge in [-0.3, -0.25) is 4.79 Å². The molecule has 0 bridgehead atoms. The molecular formula is C15H19N3OS2. The van der Waals surface area contributed by atoms with Crippen molar-refractivity contribution in [3.63, 3.8) is 0 Å². The molecule has 2 heterocycles. The second-order valence-electron chi connectivity index (χ2n) is 4.77. The highest BCUT2D eigenvalue weighted by atomic mass is 32.2. The number of likely N-dealkylation sites (N-methyl/N-ethyl adjacent to an activating group) is 1. The van der Waals surface area contributed by atoms with Gasteiger partial charge in [-0.25, -0.2) is 4.98 Å². The van der Waals surface area contributed by atoms with E-state index < -0.39 is 0 Å². The Kier molecular flexibility index (Phi) is 5.78. The van der Waals surface area contributed by atoms with E-state index in [1.165, 1.54) is 16.6 Å². The molecule has 112 valence electrons. The van der Waals surface area contributed by atoms with E-state index in [0.717, 1.165) is 5.03 Å². The molecular weight excluding hydrogens is 302 g/mol. The molecule has 0 saturated heterocycles. The van der Waals surface area contributed by atoms with Crippen molar-refractivity contribution in [1.82, 2.24) is 15.2 Å². The van der Waals surface area contributed by atoms with Crippen LogP contribution in [-0.2, 0) is 0 Å². The second kappa shape index (κ2) is 7.59. The molecule has 1 N–H and O–H groups in total. The van der Waals surface area contributed by atoms with Crippen LogP contribution in [0.15, 0.2) is 40.9 Å². The maximum atomic E-state index is 12.3. The smallest absolute Gasteiger partial charge is 0.254 e. The number of nitrogens with one attached hydrogen (secondary N) is 1. The van der Waals surface area contributed by atoms with E-state index in [9.17, 15) is 4.79 Å². The number of carbonyl (C=O) groups excluding carboxylic acids is 1. The zero-order valence-corrected chi connectivity index (χ0v) is 14.0. The Morgan fingerprint density at radius 3 is 2.86 bits per heavy atom. The van der Waals surface area contributed by atoms with Gasteiger partial charge in [-0.15, -0.1) is 23.1 Å². The zero-order chi connectivity index (χ0) is 15.2. The fraction of sp³-hybridized carbons (Fsp3) is 0.333. The van der Waals surface area contributed by atoms with Crippen molar-refractivity contribution < 1.29 is 4.79 Å². The van der Waals surface area contributed by atoms with Crippen LogP contribution in [0.25, 0.3) is 0 Å². The molecule has 0 saturated carbocycles. The molecule has 2 aromatic rings. The molecule has 0 aromatic carbocycles. The number of carbonyl (C=O) groups is 1. The van der Waals surface area contributed by atoms with E-state index in [-0.39, 0.29) is 11.9 Å². The third-order valence-electron chi connectivity index (χ3n) is 3.16. The van der Waals surface area contributed by atoms with Gasteiger partial charge in [0.2, 0.25) is 0 Å². The average Bonchev–Trinajstić information content (AvgIpc) is 3.01. The van der Waals surface area contributed by atoms with Gasteiger partial charge >= 0.3 is 0 Å². The van der Waals surface area contributed by atoms with Crippen LogP contribution in [0.5, 0.6) is 0 Å². The van der Waals surface area contributed by atoms with Crippen LogP contribution in [0.4, 0.5) is 0 Å². The lowest BCUT2D eigenvalue weighted by molar-refractivity contribution is 0.0938. The molecule has 1 amide bonds. The van der Waals surface area contributed by atoms with E-state index in [2.05, 4.69) is 26.6 Å². The van der Waals surface area contributed by atoms with Crippen LogP contribution in [0.3, 0.4) is 0 Å². The summed E-state index contributed by atoms with van der Waals surface area (Å²) in [5, 5.41) is 5.83. The molecule has 0 aliphatic heterocycles. The summed E-state index contributed by atoms with van der Waals surface area (Å²) in [5.41, 5.74) is 0.633. The highest BCUT2D eigenvalue weighted by molar-refractivity contribution is 7.98. The normalized spacial score (nSPS) is 12.4. The van der Waals surface area contributed by atoms with Gasteiger partial charge in [0.05, 0.1) is 11.6 Å². The second-order valence-corrected chi connectivity index (χ2v) is 6.54. The van der Waals surface area contributed by atoms with Crippen LogP contribution in [-0.4, -0.2) is 42.7 Å². The minimum absolute atomic E-state index is 0.0733. The Morgan fingerprint density at radius 1 is 1.43 bits per heavy atom. The van der Waals surface area contributed by atoms with Crippen molar-refractivity contribution in [1.29, 1.82) is 0 Å². The van der Waals surface area contributed by atoms with E-state index >= 15 is 0 Å². The molecule has 0 aliphatic carbocycles. The standard InChI is InChI=1S/C15H19N3OS2/c1-18(2)12(13-7-5-9-21-13)10-17-14(19)11-6-4-8-16-15(11)20-3/h4-9,12H,10H2,1-3H3,(H,17,19). The first-order valence-corrected chi connectivity index (χ1v) is 8.71. The predicted octanol–water partition coefficient (Wildman–Crippen LogP) is 2.90. The summed E-state index contributed by atoms with van der Waals surface area (Å²) in [6, 6.07) is 7.91. The Morgan fingerprint density at radius 2 is 2.24 bits per heavy atom. The van der Waals surface area contributed by atoms with Gasteiger partial charge in [-0.05, 0) is 43.9 Å². The molecule has 21 heavy (non-hydrogen) atoms. The van der Waals surface area contributed by atoms with E-state index in [4.69, 9.17) is 0 Å². The fourth-order valence-electron chi connectivity index (χ4n) is 2.03. The topological polar surface area (TPSA) is 45.2 Å². The minimum atomic E-state index is -0.0733. The lowest BCUT2D eigenvalue weighted by atomic mass is 10.2. The van der Waals surface area contributed by atoms with Gasteiger partial charge in [0.1, 0.15) is 5.03 Å². The SMILES string of the molecule is CSc1ncccc1C(=O)NCC(c1cccs1)N(C)C. The number of hydrogen-bond donors (Lipinski definition) is 1. The number of aromatic nitrogens is 1.